The zero-order valence-corrected chi connectivity index (χ0v) is 17.2. The molecule has 4 N–H and O–H groups in total. The molecule has 1 aromatic heterocycles. The Hall–Kier alpha value is -3.51. The van der Waals surface area contributed by atoms with Gasteiger partial charge in [-0.2, -0.15) is 5.10 Å². The average molecular weight is 399 g/mol. The molecule has 0 unspecified atom stereocenters. The number of benzene rings is 2. The van der Waals surface area contributed by atoms with Gasteiger partial charge in [0.05, 0.1) is 11.5 Å². The molecule has 3 aromatic rings. The molecule has 2 aliphatic rings. The second-order valence-corrected chi connectivity index (χ2v) is 7.67. The lowest BCUT2D eigenvalue weighted by atomic mass is 10.0. The minimum absolute atomic E-state index is 0.744. The number of hydrogen-bond donors (Lipinski definition) is 4. The highest BCUT2D eigenvalue weighted by molar-refractivity contribution is 6.06. The molecule has 2 heterocycles. The average Bonchev–Trinajstić information content (AvgIpc) is 3.35. The zero-order valence-electron chi connectivity index (χ0n) is 17.2. The third-order valence-corrected chi connectivity index (χ3v) is 5.91. The zero-order chi connectivity index (χ0) is 20.7. The van der Waals surface area contributed by atoms with E-state index in [1.165, 1.54) is 5.69 Å². The number of nitrogens with zero attached hydrogens (tertiary/aromatic N) is 2. The van der Waals surface area contributed by atoms with Gasteiger partial charge in [0.2, 0.25) is 0 Å². The summed E-state index contributed by atoms with van der Waals surface area (Å²) in [5.41, 5.74) is 9.55. The van der Waals surface area contributed by atoms with Crippen LogP contribution < -0.4 is 20.9 Å². The maximum Gasteiger partial charge on any atom is 0.101 e. The number of nitrogens with one attached hydrogen (secondary N) is 4. The van der Waals surface area contributed by atoms with Gasteiger partial charge in [-0.25, -0.2) is 0 Å². The first kappa shape index (κ1) is 18.5. The second-order valence-electron chi connectivity index (χ2n) is 7.67. The van der Waals surface area contributed by atoms with Gasteiger partial charge in [0.1, 0.15) is 5.69 Å². The van der Waals surface area contributed by atoms with E-state index in [0.717, 1.165) is 76.9 Å². The van der Waals surface area contributed by atoms with Crippen LogP contribution in [-0.2, 0) is 0 Å². The third kappa shape index (κ3) is 2.97. The predicted molar refractivity (Wildman–Crippen MR) is 125 cm³/mol. The fourth-order valence-electron chi connectivity index (χ4n) is 4.33. The van der Waals surface area contributed by atoms with E-state index in [-0.39, 0.29) is 0 Å². The predicted octanol–water partition coefficient (Wildman–Crippen LogP) is 3.63. The molecule has 2 aromatic carbocycles. The standard InChI is InChI=1S/C24H26N6/c1-15-21-19(5-4-6-20(21)27-16(2)25-3)24-22(15)23(28-29-24)17-7-9-18(10-8-17)30-13-11-26-12-14-30/h4-10,25-27H,1-2,11-14H2,3H3,(H,28,29). The first-order chi connectivity index (χ1) is 14.7. The number of fused-ring (bicyclic) bond motifs is 3. The minimum Gasteiger partial charge on any atom is -0.375 e. The van der Waals surface area contributed by atoms with Gasteiger partial charge >= 0.3 is 0 Å². The lowest BCUT2D eigenvalue weighted by Crippen LogP contribution is -2.43. The van der Waals surface area contributed by atoms with Gasteiger partial charge in [-0.15, -0.1) is 0 Å². The quantitative estimate of drug-likeness (QED) is 0.413. The van der Waals surface area contributed by atoms with Crippen LogP contribution in [-0.4, -0.2) is 43.4 Å². The molecule has 1 saturated heterocycles. The van der Waals surface area contributed by atoms with Gasteiger partial charge in [-0.1, -0.05) is 37.4 Å². The molecule has 30 heavy (non-hydrogen) atoms. The molecule has 0 radical (unpaired) electrons. The van der Waals surface area contributed by atoms with E-state index in [1.807, 2.05) is 19.2 Å². The summed E-state index contributed by atoms with van der Waals surface area (Å²) in [6.07, 6.45) is 0. The summed E-state index contributed by atoms with van der Waals surface area (Å²) < 4.78 is 0. The Kier molecular flexibility index (Phi) is 4.56. The van der Waals surface area contributed by atoms with Crippen LogP contribution in [0.15, 0.2) is 61.4 Å². The molecule has 1 fully saturated rings. The number of hydrogen-bond acceptors (Lipinski definition) is 5. The van der Waals surface area contributed by atoms with Crippen LogP contribution in [0, 0.1) is 0 Å². The Labute approximate surface area is 176 Å². The molecule has 0 amide bonds. The molecule has 1 aliphatic heterocycles. The lowest BCUT2D eigenvalue weighted by Gasteiger charge is -2.29. The molecule has 1 aliphatic carbocycles. The van der Waals surface area contributed by atoms with Crippen LogP contribution in [0.3, 0.4) is 0 Å². The summed E-state index contributed by atoms with van der Waals surface area (Å²) in [6, 6.07) is 14.9. The maximum absolute atomic E-state index is 4.65. The minimum atomic E-state index is 0.744. The Morgan fingerprint density at radius 3 is 2.57 bits per heavy atom. The van der Waals surface area contributed by atoms with E-state index in [4.69, 9.17) is 0 Å². The van der Waals surface area contributed by atoms with Crippen molar-refractivity contribution in [1.82, 2.24) is 20.8 Å². The van der Waals surface area contributed by atoms with Crippen LogP contribution >= 0.6 is 0 Å². The van der Waals surface area contributed by atoms with Crippen molar-refractivity contribution < 1.29 is 0 Å². The van der Waals surface area contributed by atoms with Crippen LogP contribution in [0.2, 0.25) is 0 Å². The summed E-state index contributed by atoms with van der Waals surface area (Å²) in [5.74, 6) is 0.744. The Balaban J connectivity index is 1.49. The monoisotopic (exact) mass is 398 g/mol. The van der Waals surface area contributed by atoms with Gasteiger partial charge in [0.15, 0.2) is 0 Å². The van der Waals surface area contributed by atoms with Crippen molar-refractivity contribution in [3.63, 3.8) is 0 Å². The van der Waals surface area contributed by atoms with E-state index in [0.29, 0.717) is 0 Å². The smallest absolute Gasteiger partial charge is 0.101 e. The highest BCUT2D eigenvalue weighted by Gasteiger charge is 2.30. The number of aromatic amines is 1. The Morgan fingerprint density at radius 2 is 1.83 bits per heavy atom. The molecule has 5 rings (SSSR count). The SMILES string of the molecule is C=C(NC)Nc1cccc2c1C(=C)c1c(-c3ccc(N4CCNCC4)cc3)n[nH]c1-2. The van der Waals surface area contributed by atoms with Gasteiger partial charge in [0.25, 0.3) is 0 Å². The van der Waals surface area contributed by atoms with Crippen molar-refractivity contribution >= 4 is 16.9 Å². The van der Waals surface area contributed by atoms with E-state index in [1.54, 1.807) is 0 Å². The molecule has 0 saturated carbocycles. The first-order valence-corrected chi connectivity index (χ1v) is 10.3. The van der Waals surface area contributed by atoms with E-state index >= 15 is 0 Å². The van der Waals surface area contributed by atoms with Crippen LogP contribution in [0.4, 0.5) is 11.4 Å². The van der Waals surface area contributed by atoms with Gasteiger partial charge in [-0.05, 0) is 23.8 Å². The van der Waals surface area contributed by atoms with E-state index in [2.05, 4.69) is 74.5 Å². The summed E-state index contributed by atoms with van der Waals surface area (Å²) in [5, 5.41) is 17.7. The fourth-order valence-corrected chi connectivity index (χ4v) is 4.33. The number of anilines is 2. The highest BCUT2D eigenvalue weighted by atomic mass is 15.2. The molecule has 6 nitrogen and oxygen atoms in total. The van der Waals surface area contributed by atoms with Gasteiger partial charge in [0, 0.05) is 66.9 Å². The number of H-pyrrole nitrogens is 1. The lowest BCUT2D eigenvalue weighted by molar-refractivity contribution is 0.589. The highest BCUT2D eigenvalue weighted by Crippen LogP contribution is 2.49. The van der Waals surface area contributed by atoms with E-state index in [9.17, 15) is 0 Å². The molecular weight excluding hydrogens is 372 g/mol. The summed E-state index contributed by atoms with van der Waals surface area (Å²) in [7, 11) is 1.85. The second kappa shape index (κ2) is 7.39. The van der Waals surface area contributed by atoms with Crippen molar-refractivity contribution in [3.8, 4) is 22.5 Å². The molecule has 6 heteroatoms. The fraction of sp³-hybridized carbons (Fsp3) is 0.208. The van der Waals surface area contributed by atoms with Crippen LogP contribution in [0.5, 0.6) is 0 Å². The topological polar surface area (TPSA) is 68.0 Å². The number of aromatic nitrogens is 2. The molecular formula is C24H26N6. The number of piperazine rings is 1. The van der Waals surface area contributed by atoms with Crippen molar-refractivity contribution in [2.45, 2.75) is 0 Å². The van der Waals surface area contributed by atoms with Crippen molar-refractivity contribution in [2.24, 2.45) is 0 Å². The third-order valence-electron chi connectivity index (χ3n) is 5.91. The number of rotatable bonds is 5. The Bertz CT molecular complexity index is 1120. The summed E-state index contributed by atoms with van der Waals surface area (Å²) in [6.45, 7) is 12.5. The van der Waals surface area contributed by atoms with Crippen molar-refractivity contribution in [1.29, 1.82) is 0 Å². The van der Waals surface area contributed by atoms with Gasteiger partial charge in [-0.3, -0.25) is 5.10 Å². The van der Waals surface area contributed by atoms with Gasteiger partial charge < -0.3 is 20.9 Å². The Morgan fingerprint density at radius 1 is 1.07 bits per heavy atom. The van der Waals surface area contributed by atoms with Crippen LogP contribution in [0.25, 0.3) is 28.1 Å². The maximum atomic E-state index is 4.65. The van der Waals surface area contributed by atoms with Crippen molar-refractivity contribution in [3.05, 3.63) is 72.6 Å². The summed E-state index contributed by atoms with van der Waals surface area (Å²) in [4.78, 5) is 2.41. The molecule has 0 atom stereocenters. The van der Waals surface area contributed by atoms with E-state index < -0.39 is 0 Å². The van der Waals surface area contributed by atoms with Crippen molar-refractivity contribution in [2.75, 3.05) is 43.4 Å². The molecule has 152 valence electrons. The molecule has 0 bridgehead atoms. The van der Waals surface area contributed by atoms with Crippen LogP contribution in [0.1, 0.15) is 11.1 Å². The normalized spacial score (nSPS) is 15.0. The largest absolute Gasteiger partial charge is 0.375 e. The molecule has 0 spiro atoms. The summed E-state index contributed by atoms with van der Waals surface area (Å²) >= 11 is 0. The first-order valence-electron chi connectivity index (χ1n) is 10.3.